The van der Waals surface area contributed by atoms with Crippen LogP contribution in [0.1, 0.15) is 43.9 Å². The van der Waals surface area contributed by atoms with E-state index in [1.807, 2.05) is 0 Å². The van der Waals surface area contributed by atoms with Crippen molar-refractivity contribution in [2.75, 3.05) is 0 Å². The van der Waals surface area contributed by atoms with Gasteiger partial charge in [-0.15, -0.1) is 0 Å². The molecule has 0 unspecified atom stereocenters. The zero-order valence-electron chi connectivity index (χ0n) is 12.5. The molecule has 20 heavy (non-hydrogen) atoms. The minimum absolute atomic E-state index is 1.10. The van der Waals surface area contributed by atoms with Crippen LogP contribution in [0.4, 0.5) is 0 Å². The number of aryl methyl sites for hydroxylation is 1. The van der Waals surface area contributed by atoms with E-state index in [2.05, 4.69) is 69.7 Å². The zero-order chi connectivity index (χ0) is 14.1. The predicted molar refractivity (Wildman–Crippen MR) is 87.5 cm³/mol. The fourth-order valence-corrected chi connectivity index (χ4v) is 3.16. The lowest BCUT2D eigenvalue weighted by molar-refractivity contribution is 1.14. The molecular formula is C20H21. The summed E-state index contributed by atoms with van der Waals surface area (Å²) in [4.78, 5) is 0. The van der Waals surface area contributed by atoms with E-state index in [1.165, 1.54) is 39.0 Å². The fourth-order valence-electron chi connectivity index (χ4n) is 3.16. The van der Waals surface area contributed by atoms with E-state index in [0.717, 1.165) is 12.8 Å². The molecule has 0 N–H and O–H groups in total. The van der Waals surface area contributed by atoms with E-state index in [4.69, 9.17) is 0 Å². The van der Waals surface area contributed by atoms with Crippen molar-refractivity contribution >= 4 is 5.57 Å². The number of fused-ring (bicyclic) bond motifs is 1. The predicted octanol–water partition coefficient (Wildman–Crippen LogP) is 5.67. The van der Waals surface area contributed by atoms with Crippen LogP contribution in [0.25, 0.3) is 16.7 Å². The highest BCUT2D eigenvalue weighted by Crippen LogP contribution is 2.41. The Kier molecular flexibility index (Phi) is 3.48. The van der Waals surface area contributed by atoms with Crippen LogP contribution in [0.2, 0.25) is 0 Å². The molecule has 0 heteroatoms. The first-order chi connectivity index (χ1) is 9.74. The van der Waals surface area contributed by atoms with E-state index in [1.54, 1.807) is 0 Å². The van der Waals surface area contributed by atoms with E-state index in [-0.39, 0.29) is 0 Å². The SMILES string of the molecule is CCC1=C(C)[CH]c2cccc(-c3ccc(CC)cc3)c21. The Balaban J connectivity index is 2.14. The number of rotatable bonds is 3. The third kappa shape index (κ3) is 2.10. The first-order valence-electron chi connectivity index (χ1n) is 7.51. The van der Waals surface area contributed by atoms with Gasteiger partial charge in [0.1, 0.15) is 0 Å². The van der Waals surface area contributed by atoms with Gasteiger partial charge in [-0.2, -0.15) is 0 Å². The number of hydrogen-bond acceptors (Lipinski definition) is 0. The van der Waals surface area contributed by atoms with Gasteiger partial charge in [-0.25, -0.2) is 0 Å². The van der Waals surface area contributed by atoms with Gasteiger partial charge >= 0.3 is 0 Å². The molecule has 0 aliphatic heterocycles. The minimum atomic E-state index is 1.10. The zero-order valence-corrected chi connectivity index (χ0v) is 12.5. The maximum absolute atomic E-state index is 2.32. The molecule has 0 heterocycles. The molecule has 0 saturated heterocycles. The number of hydrogen-bond donors (Lipinski definition) is 0. The molecule has 1 aliphatic carbocycles. The highest BCUT2D eigenvalue weighted by atomic mass is 14.2. The molecule has 1 radical (unpaired) electrons. The summed E-state index contributed by atoms with van der Waals surface area (Å²) in [7, 11) is 0. The quantitative estimate of drug-likeness (QED) is 0.668. The summed E-state index contributed by atoms with van der Waals surface area (Å²) < 4.78 is 0. The van der Waals surface area contributed by atoms with Crippen LogP contribution in [0.3, 0.4) is 0 Å². The minimum Gasteiger partial charge on any atom is -0.0613 e. The normalized spacial score (nSPS) is 13.8. The molecule has 0 fully saturated rings. The Morgan fingerprint density at radius 1 is 0.850 bits per heavy atom. The van der Waals surface area contributed by atoms with E-state index < -0.39 is 0 Å². The van der Waals surface area contributed by atoms with E-state index in [0.29, 0.717) is 0 Å². The van der Waals surface area contributed by atoms with Gasteiger partial charge in [0.15, 0.2) is 0 Å². The number of allylic oxidation sites excluding steroid dienone is 2. The van der Waals surface area contributed by atoms with Gasteiger partial charge in [-0.05, 0) is 53.2 Å². The summed E-state index contributed by atoms with van der Waals surface area (Å²) in [6, 6.07) is 15.7. The average Bonchev–Trinajstić information content (AvgIpc) is 2.82. The highest BCUT2D eigenvalue weighted by molar-refractivity contribution is 5.89. The summed E-state index contributed by atoms with van der Waals surface area (Å²) in [5.74, 6) is 0. The lowest BCUT2D eigenvalue weighted by atomic mass is 9.92. The average molecular weight is 261 g/mol. The Bertz CT molecular complexity index is 657. The van der Waals surface area contributed by atoms with Crippen molar-refractivity contribution < 1.29 is 0 Å². The molecule has 0 aromatic heterocycles. The molecule has 0 amide bonds. The lowest BCUT2D eigenvalue weighted by Gasteiger charge is -2.12. The Morgan fingerprint density at radius 2 is 1.60 bits per heavy atom. The molecule has 0 nitrogen and oxygen atoms in total. The maximum atomic E-state index is 2.32. The largest absolute Gasteiger partial charge is 0.0613 e. The van der Waals surface area contributed by atoms with Crippen molar-refractivity contribution in [1.82, 2.24) is 0 Å². The second-order valence-electron chi connectivity index (χ2n) is 5.48. The van der Waals surface area contributed by atoms with E-state index >= 15 is 0 Å². The molecule has 101 valence electrons. The number of benzene rings is 2. The topological polar surface area (TPSA) is 0 Å². The molecule has 2 aromatic carbocycles. The molecule has 3 rings (SSSR count). The van der Waals surface area contributed by atoms with Crippen molar-refractivity contribution in [1.29, 1.82) is 0 Å². The van der Waals surface area contributed by atoms with Crippen LogP contribution in [0.5, 0.6) is 0 Å². The first-order valence-corrected chi connectivity index (χ1v) is 7.51. The van der Waals surface area contributed by atoms with Gasteiger partial charge in [0.25, 0.3) is 0 Å². The van der Waals surface area contributed by atoms with Crippen molar-refractivity contribution in [2.45, 2.75) is 33.6 Å². The molecule has 0 atom stereocenters. The highest BCUT2D eigenvalue weighted by Gasteiger charge is 2.21. The van der Waals surface area contributed by atoms with Gasteiger partial charge in [0, 0.05) is 6.42 Å². The monoisotopic (exact) mass is 261 g/mol. The van der Waals surface area contributed by atoms with Crippen molar-refractivity contribution in [3.8, 4) is 11.1 Å². The Labute approximate surface area is 122 Å². The van der Waals surface area contributed by atoms with Crippen molar-refractivity contribution in [2.24, 2.45) is 0 Å². The van der Waals surface area contributed by atoms with Crippen molar-refractivity contribution in [3.63, 3.8) is 0 Å². The van der Waals surface area contributed by atoms with Gasteiger partial charge < -0.3 is 0 Å². The lowest BCUT2D eigenvalue weighted by Crippen LogP contribution is -1.90. The second kappa shape index (κ2) is 5.28. The smallest absolute Gasteiger partial charge is 0.0164 e. The first kappa shape index (κ1) is 13.2. The van der Waals surface area contributed by atoms with Crippen LogP contribution in [-0.2, 0) is 6.42 Å². The van der Waals surface area contributed by atoms with Crippen LogP contribution < -0.4 is 0 Å². The van der Waals surface area contributed by atoms with Gasteiger partial charge in [-0.3, -0.25) is 0 Å². The maximum Gasteiger partial charge on any atom is 0.0164 e. The fraction of sp³-hybridized carbons (Fsp3) is 0.250. The van der Waals surface area contributed by atoms with Gasteiger partial charge in [-0.1, -0.05) is 61.9 Å². The standard InChI is InChI=1S/C20H21/c1-4-15-9-11-16(12-10-15)19-8-6-7-17-13-14(3)18(5-2)20(17)19/h6-13H,4-5H2,1-3H3. The summed E-state index contributed by atoms with van der Waals surface area (Å²) in [6.45, 7) is 6.67. The van der Waals surface area contributed by atoms with Gasteiger partial charge in [0.2, 0.25) is 0 Å². The molecule has 0 bridgehead atoms. The molecule has 1 aliphatic rings. The van der Waals surface area contributed by atoms with Crippen LogP contribution in [0, 0.1) is 6.42 Å². The van der Waals surface area contributed by atoms with Crippen LogP contribution in [-0.4, -0.2) is 0 Å². The van der Waals surface area contributed by atoms with Crippen molar-refractivity contribution in [3.05, 3.63) is 71.1 Å². The molecule has 2 aromatic rings. The Morgan fingerprint density at radius 3 is 2.25 bits per heavy atom. The summed E-state index contributed by atoms with van der Waals surface area (Å²) in [5.41, 5.74) is 9.82. The van der Waals surface area contributed by atoms with Gasteiger partial charge in [0.05, 0.1) is 0 Å². The van der Waals surface area contributed by atoms with Crippen LogP contribution in [0.15, 0.2) is 48.0 Å². The summed E-state index contributed by atoms with van der Waals surface area (Å²) in [5, 5.41) is 0. The Hall–Kier alpha value is -1.82. The van der Waals surface area contributed by atoms with E-state index in [9.17, 15) is 0 Å². The third-order valence-corrected chi connectivity index (χ3v) is 4.27. The third-order valence-electron chi connectivity index (χ3n) is 4.27. The van der Waals surface area contributed by atoms with Crippen LogP contribution >= 0.6 is 0 Å². The molecular weight excluding hydrogens is 240 g/mol. The molecule has 0 spiro atoms. The summed E-state index contributed by atoms with van der Waals surface area (Å²) >= 11 is 0. The molecule has 0 saturated carbocycles. The second-order valence-corrected chi connectivity index (χ2v) is 5.48. The summed E-state index contributed by atoms with van der Waals surface area (Å²) in [6.07, 6.45) is 4.51.